The van der Waals surface area contributed by atoms with Gasteiger partial charge in [-0.25, -0.2) is 0 Å². The first-order valence-electron chi connectivity index (χ1n) is 13.4. The molecule has 0 spiro atoms. The maximum Gasteiger partial charge on any atom is 0.255 e. The number of rotatable bonds is 18. The van der Waals surface area contributed by atoms with Crippen molar-refractivity contribution in [3.8, 4) is 11.8 Å². The number of benzene rings is 2. The zero-order chi connectivity index (χ0) is 25.1. The second kappa shape index (κ2) is 18.0. The molecule has 0 saturated heterocycles. The Morgan fingerprint density at radius 3 is 1.89 bits per heavy atom. The van der Waals surface area contributed by atoms with Gasteiger partial charge in [-0.1, -0.05) is 90.4 Å². The van der Waals surface area contributed by atoms with Gasteiger partial charge < -0.3 is 10.1 Å². The fourth-order valence-corrected chi connectivity index (χ4v) is 4.55. The summed E-state index contributed by atoms with van der Waals surface area (Å²) < 4.78 is 6.52. The van der Waals surface area contributed by atoms with Gasteiger partial charge in [0.1, 0.15) is 5.75 Å². The van der Waals surface area contributed by atoms with Crippen LogP contribution in [-0.4, -0.2) is 12.5 Å². The molecule has 2 aromatic carbocycles. The van der Waals surface area contributed by atoms with Crippen LogP contribution >= 0.6 is 15.9 Å². The molecule has 0 radical (unpaired) electrons. The number of amides is 1. The minimum absolute atomic E-state index is 0.200. The van der Waals surface area contributed by atoms with E-state index in [0.29, 0.717) is 27.9 Å². The van der Waals surface area contributed by atoms with E-state index >= 15 is 0 Å². The molecule has 4 nitrogen and oxygen atoms in total. The van der Waals surface area contributed by atoms with Crippen LogP contribution in [0.15, 0.2) is 46.9 Å². The van der Waals surface area contributed by atoms with Crippen molar-refractivity contribution < 1.29 is 9.53 Å². The number of hydrogen-bond acceptors (Lipinski definition) is 3. The number of unbranched alkanes of at least 4 members (excludes halogenated alkanes) is 13. The number of halogens is 1. The second-order valence-electron chi connectivity index (χ2n) is 9.23. The van der Waals surface area contributed by atoms with E-state index in [1.54, 1.807) is 30.3 Å². The Kier molecular flexibility index (Phi) is 14.9. The Morgan fingerprint density at radius 1 is 0.829 bits per heavy atom. The molecule has 0 saturated carbocycles. The van der Waals surface area contributed by atoms with Crippen LogP contribution in [0.3, 0.4) is 0 Å². The highest BCUT2D eigenvalue weighted by atomic mass is 79.9. The van der Waals surface area contributed by atoms with E-state index in [1.807, 2.05) is 12.1 Å². The maximum atomic E-state index is 12.5. The molecular formula is C30H41BrN2O2. The number of carbonyl (C=O) groups excluding carboxylic acids is 1. The van der Waals surface area contributed by atoms with Crippen molar-refractivity contribution in [1.29, 1.82) is 5.26 Å². The summed E-state index contributed by atoms with van der Waals surface area (Å²) in [5.41, 5.74) is 1.73. The normalized spacial score (nSPS) is 10.7. The Hall–Kier alpha value is -2.32. The molecule has 0 fully saturated rings. The largest absolute Gasteiger partial charge is 0.494 e. The molecule has 2 aromatic rings. The van der Waals surface area contributed by atoms with Crippen molar-refractivity contribution in [3.63, 3.8) is 0 Å². The number of hydrogen-bond donors (Lipinski definition) is 1. The summed E-state index contributed by atoms with van der Waals surface area (Å²) in [4.78, 5) is 12.5. The summed E-state index contributed by atoms with van der Waals surface area (Å²) in [6.45, 7) is 2.98. The monoisotopic (exact) mass is 540 g/mol. The van der Waals surface area contributed by atoms with E-state index in [9.17, 15) is 4.79 Å². The van der Waals surface area contributed by atoms with E-state index in [4.69, 9.17) is 10.00 Å². The van der Waals surface area contributed by atoms with Crippen molar-refractivity contribution in [3.05, 3.63) is 58.1 Å². The molecule has 1 N–H and O–H groups in total. The molecule has 35 heavy (non-hydrogen) atoms. The lowest BCUT2D eigenvalue weighted by Crippen LogP contribution is -2.12. The quantitative estimate of drug-likeness (QED) is 0.191. The number of carbonyl (C=O) groups is 1. The predicted octanol–water partition coefficient (Wildman–Crippen LogP) is 9.43. The first-order chi connectivity index (χ1) is 17.1. The van der Waals surface area contributed by atoms with Gasteiger partial charge in [-0.05, 0) is 64.8 Å². The average molecular weight is 542 g/mol. The number of anilines is 1. The molecule has 5 heteroatoms. The predicted molar refractivity (Wildman–Crippen MR) is 149 cm³/mol. The molecule has 0 aliphatic carbocycles. The molecule has 190 valence electrons. The van der Waals surface area contributed by atoms with E-state index in [1.165, 1.54) is 83.5 Å². The van der Waals surface area contributed by atoms with Crippen LogP contribution in [0.2, 0.25) is 0 Å². The molecule has 0 atom stereocenters. The maximum absolute atomic E-state index is 12.5. The van der Waals surface area contributed by atoms with Crippen molar-refractivity contribution in [2.24, 2.45) is 0 Å². The first kappa shape index (κ1) is 28.9. The van der Waals surface area contributed by atoms with E-state index in [-0.39, 0.29) is 5.91 Å². The van der Waals surface area contributed by atoms with Gasteiger partial charge in [-0.2, -0.15) is 5.26 Å². The van der Waals surface area contributed by atoms with Crippen LogP contribution in [0.25, 0.3) is 0 Å². The lowest BCUT2D eigenvalue weighted by molar-refractivity contribution is 0.102. The number of ether oxygens (including phenoxy) is 1. The molecule has 0 heterocycles. The highest BCUT2D eigenvalue weighted by molar-refractivity contribution is 9.10. The molecule has 0 bridgehead atoms. The van der Waals surface area contributed by atoms with Crippen molar-refractivity contribution in [1.82, 2.24) is 0 Å². The number of nitrogens with zero attached hydrogens (tertiary/aromatic N) is 1. The average Bonchev–Trinajstić information content (AvgIpc) is 2.87. The zero-order valence-electron chi connectivity index (χ0n) is 21.3. The lowest BCUT2D eigenvalue weighted by atomic mass is 10.0. The number of nitrogens with one attached hydrogen (secondary N) is 1. The van der Waals surface area contributed by atoms with E-state index in [0.717, 1.165) is 12.2 Å². The summed E-state index contributed by atoms with van der Waals surface area (Å²) >= 11 is 3.39. The van der Waals surface area contributed by atoms with Crippen LogP contribution in [0.5, 0.6) is 5.75 Å². The fourth-order valence-electron chi connectivity index (χ4n) is 4.07. The summed E-state index contributed by atoms with van der Waals surface area (Å²) in [6, 6.07) is 14.4. The molecule has 0 aliphatic heterocycles. The third-order valence-electron chi connectivity index (χ3n) is 6.23. The van der Waals surface area contributed by atoms with Crippen molar-refractivity contribution >= 4 is 27.5 Å². The highest BCUT2D eigenvalue weighted by Crippen LogP contribution is 2.24. The standard InChI is InChI=1S/C30H41BrN2O2/c1-2-3-4-5-6-7-8-9-10-11-12-13-14-15-22-35-27-19-17-26(18-20-27)30(34)33-29-21-16-25(24-32)23-28(29)31/h16-21,23H,2-15,22H2,1H3,(H,33,34). The van der Waals surface area contributed by atoms with Crippen LogP contribution in [0.1, 0.15) is 113 Å². The number of nitriles is 1. The van der Waals surface area contributed by atoms with Crippen LogP contribution in [0.4, 0.5) is 5.69 Å². The molecular weight excluding hydrogens is 500 g/mol. The minimum Gasteiger partial charge on any atom is -0.494 e. The minimum atomic E-state index is -0.200. The third kappa shape index (κ3) is 12.3. The van der Waals surface area contributed by atoms with Gasteiger partial charge in [0, 0.05) is 10.0 Å². The van der Waals surface area contributed by atoms with Crippen LogP contribution in [0, 0.1) is 11.3 Å². The van der Waals surface area contributed by atoms with Gasteiger partial charge in [0.25, 0.3) is 5.91 Å². The van der Waals surface area contributed by atoms with Gasteiger partial charge in [-0.15, -0.1) is 0 Å². The lowest BCUT2D eigenvalue weighted by Gasteiger charge is -2.09. The van der Waals surface area contributed by atoms with Gasteiger partial charge >= 0.3 is 0 Å². The molecule has 0 aliphatic rings. The highest BCUT2D eigenvalue weighted by Gasteiger charge is 2.09. The molecule has 0 unspecified atom stereocenters. The van der Waals surface area contributed by atoms with Crippen molar-refractivity contribution in [2.75, 3.05) is 11.9 Å². The smallest absolute Gasteiger partial charge is 0.255 e. The Morgan fingerprint density at radius 2 is 1.37 bits per heavy atom. The van der Waals surface area contributed by atoms with Crippen molar-refractivity contribution in [2.45, 2.75) is 96.8 Å². The first-order valence-corrected chi connectivity index (χ1v) is 14.2. The van der Waals surface area contributed by atoms with Gasteiger partial charge in [0.15, 0.2) is 0 Å². The Bertz CT molecular complexity index is 906. The van der Waals surface area contributed by atoms with Gasteiger partial charge in [-0.3, -0.25) is 4.79 Å². The van der Waals surface area contributed by atoms with E-state index < -0.39 is 0 Å². The summed E-state index contributed by atoms with van der Waals surface area (Å²) in [6.07, 6.45) is 18.8. The van der Waals surface area contributed by atoms with Gasteiger partial charge in [0.05, 0.1) is 23.9 Å². The fraction of sp³-hybridized carbons (Fsp3) is 0.533. The third-order valence-corrected chi connectivity index (χ3v) is 6.89. The van der Waals surface area contributed by atoms with Crippen LogP contribution in [-0.2, 0) is 0 Å². The molecule has 1 amide bonds. The zero-order valence-corrected chi connectivity index (χ0v) is 22.9. The second-order valence-corrected chi connectivity index (χ2v) is 10.1. The van der Waals surface area contributed by atoms with E-state index in [2.05, 4.69) is 34.2 Å². The SMILES string of the molecule is CCCCCCCCCCCCCCCCOc1ccc(C(=O)Nc2ccc(C#N)cc2Br)cc1. The Labute approximate surface area is 220 Å². The summed E-state index contributed by atoms with van der Waals surface area (Å²) in [5, 5.41) is 11.8. The van der Waals surface area contributed by atoms with Crippen LogP contribution < -0.4 is 10.1 Å². The summed E-state index contributed by atoms with van der Waals surface area (Å²) in [7, 11) is 0. The molecule has 0 aromatic heterocycles. The topological polar surface area (TPSA) is 62.1 Å². The van der Waals surface area contributed by atoms with Gasteiger partial charge in [0.2, 0.25) is 0 Å². The summed E-state index contributed by atoms with van der Waals surface area (Å²) in [5.74, 6) is 0.588. The molecule has 2 rings (SSSR count). The Balaban J connectivity index is 1.51.